The van der Waals surface area contributed by atoms with Crippen LogP contribution in [0.1, 0.15) is 45.5 Å². The van der Waals surface area contributed by atoms with E-state index in [4.69, 9.17) is 0 Å². The lowest BCUT2D eigenvalue weighted by Crippen LogP contribution is -2.51. The number of H-pyrrole nitrogens is 1. The van der Waals surface area contributed by atoms with Crippen molar-refractivity contribution in [2.24, 2.45) is 11.8 Å². The van der Waals surface area contributed by atoms with E-state index in [1.807, 2.05) is 18.7 Å². The maximum atomic E-state index is 13.1. The summed E-state index contributed by atoms with van der Waals surface area (Å²) in [6.07, 6.45) is 2.73. The minimum atomic E-state index is -0.603. The molecule has 7 nitrogen and oxygen atoms in total. The number of rotatable bonds is 5. The number of carbonyl (C=O) groups is 2. The maximum absolute atomic E-state index is 13.1. The Balaban J connectivity index is 2.23. The molecule has 0 bridgehead atoms. The van der Waals surface area contributed by atoms with Gasteiger partial charge in [-0.25, -0.2) is 9.78 Å². The van der Waals surface area contributed by atoms with Crippen LogP contribution in [-0.4, -0.2) is 46.6 Å². The van der Waals surface area contributed by atoms with Crippen molar-refractivity contribution in [3.05, 3.63) is 16.6 Å². The zero-order chi connectivity index (χ0) is 17.9. The van der Waals surface area contributed by atoms with Crippen LogP contribution in [0.15, 0.2) is 10.8 Å². The number of amides is 2. The van der Waals surface area contributed by atoms with E-state index in [2.05, 4.69) is 42.9 Å². The van der Waals surface area contributed by atoms with Gasteiger partial charge >= 0.3 is 6.09 Å². The van der Waals surface area contributed by atoms with Crippen LogP contribution in [0.2, 0.25) is 0 Å². The van der Waals surface area contributed by atoms with Crippen LogP contribution in [0.5, 0.6) is 0 Å². The smallest absolute Gasteiger partial charge is 0.407 e. The average Bonchev–Trinajstić information content (AvgIpc) is 3.16. The lowest BCUT2D eigenvalue weighted by molar-refractivity contribution is -0.135. The predicted molar refractivity (Wildman–Crippen MR) is 93.3 cm³/mol. The number of methoxy groups -OCH3 is 1. The Hall–Kier alpha value is -1.57. The predicted octanol–water partition coefficient (Wildman–Crippen LogP) is 2.85. The minimum Gasteiger partial charge on any atom is -0.453 e. The van der Waals surface area contributed by atoms with Crippen molar-refractivity contribution in [2.75, 3.05) is 13.7 Å². The van der Waals surface area contributed by atoms with E-state index >= 15 is 0 Å². The largest absolute Gasteiger partial charge is 0.453 e. The Morgan fingerprint density at radius 2 is 2.29 bits per heavy atom. The Kier molecular flexibility index (Phi) is 6.26. The number of hydrogen-bond donors (Lipinski definition) is 2. The van der Waals surface area contributed by atoms with Crippen LogP contribution in [0.25, 0.3) is 0 Å². The van der Waals surface area contributed by atoms with Crippen LogP contribution in [0.4, 0.5) is 4.79 Å². The second kappa shape index (κ2) is 8.00. The number of imidazole rings is 1. The maximum Gasteiger partial charge on any atom is 0.407 e. The molecule has 0 saturated carbocycles. The van der Waals surface area contributed by atoms with Crippen molar-refractivity contribution in [1.82, 2.24) is 20.2 Å². The number of carbonyl (C=O) groups excluding carboxylic acids is 2. The highest BCUT2D eigenvalue weighted by atomic mass is 79.9. The fourth-order valence-corrected chi connectivity index (χ4v) is 3.38. The van der Waals surface area contributed by atoms with Gasteiger partial charge < -0.3 is 19.9 Å². The number of nitrogens with zero attached hydrogens (tertiary/aromatic N) is 2. The molecule has 1 saturated heterocycles. The molecule has 0 aromatic carbocycles. The van der Waals surface area contributed by atoms with Gasteiger partial charge in [-0.3, -0.25) is 4.79 Å². The molecule has 4 atom stereocenters. The standard InChI is InChI=1S/C16H25BrN4O3/c1-5-10(3)13(20-16(23)24-4)15(22)21-8-9(2)6-11(21)14-18-7-12(17)19-14/h7,9-11,13H,5-6,8H2,1-4H3,(H,18,19)(H,20,23)/t9-,10?,11-,13?/m0/s1. The summed E-state index contributed by atoms with van der Waals surface area (Å²) in [4.78, 5) is 34.1. The van der Waals surface area contributed by atoms with Crippen molar-refractivity contribution in [3.8, 4) is 0 Å². The van der Waals surface area contributed by atoms with E-state index in [0.717, 1.165) is 23.3 Å². The molecular weight excluding hydrogens is 376 g/mol. The van der Waals surface area contributed by atoms with E-state index in [9.17, 15) is 9.59 Å². The van der Waals surface area contributed by atoms with E-state index < -0.39 is 12.1 Å². The molecule has 0 radical (unpaired) electrons. The summed E-state index contributed by atoms with van der Waals surface area (Å²) in [6.45, 7) is 6.72. The van der Waals surface area contributed by atoms with Crippen molar-refractivity contribution in [2.45, 2.75) is 45.7 Å². The topological polar surface area (TPSA) is 87.3 Å². The van der Waals surface area contributed by atoms with E-state index in [1.165, 1.54) is 7.11 Å². The summed E-state index contributed by atoms with van der Waals surface area (Å²) in [7, 11) is 1.30. The van der Waals surface area contributed by atoms with Gasteiger partial charge in [-0.1, -0.05) is 27.2 Å². The molecular formula is C16H25BrN4O3. The molecule has 1 aliphatic rings. The highest BCUT2D eigenvalue weighted by molar-refractivity contribution is 9.10. The van der Waals surface area contributed by atoms with Gasteiger partial charge in [0.25, 0.3) is 0 Å². The molecule has 1 aromatic rings. The molecule has 2 N–H and O–H groups in total. The monoisotopic (exact) mass is 400 g/mol. The van der Waals surface area contributed by atoms with Crippen LogP contribution >= 0.6 is 15.9 Å². The average molecular weight is 401 g/mol. The zero-order valence-electron chi connectivity index (χ0n) is 14.5. The number of aromatic nitrogens is 2. The van der Waals surface area contributed by atoms with Gasteiger partial charge in [0.05, 0.1) is 19.3 Å². The van der Waals surface area contributed by atoms with Gasteiger partial charge in [0.15, 0.2) is 0 Å². The van der Waals surface area contributed by atoms with Gasteiger partial charge in [-0.2, -0.15) is 0 Å². The summed E-state index contributed by atoms with van der Waals surface area (Å²) in [5.74, 6) is 1.06. The third kappa shape index (κ3) is 4.09. The van der Waals surface area contributed by atoms with Crippen molar-refractivity contribution in [1.29, 1.82) is 0 Å². The second-order valence-corrected chi connectivity index (χ2v) is 7.32. The fourth-order valence-electron chi connectivity index (χ4n) is 3.08. The number of halogens is 1. The number of aromatic amines is 1. The van der Waals surface area contributed by atoms with Crippen LogP contribution < -0.4 is 5.32 Å². The SMILES string of the molecule is CCC(C)C(NC(=O)OC)C(=O)N1C[C@@H](C)C[C@H]1c1ncc(Br)[nH]1. The second-order valence-electron chi connectivity index (χ2n) is 6.46. The van der Waals surface area contributed by atoms with Gasteiger partial charge in [0.2, 0.25) is 5.91 Å². The van der Waals surface area contributed by atoms with Crippen LogP contribution in [0.3, 0.4) is 0 Å². The minimum absolute atomic E-state index is 0.0106. The molecule has 0 aliphatic carbocycles. The molecule has 2 heterocycles. The summed E-state index contributed by atoms with van der Waals surface area (Å²) in [5.41, 5.74) is 0. The number of likely N-dealkylation sites (tertiary alicyclic amines) is 1. The Bertz CT molecular complexity index is 592. The quantitative estimate of drug-likeness (QED) is 0.795. The van der Waals surface area contributed by atoms with Crippen LogP contribution in [-0.2, 0) is 9.53 Å². The highest BCUT2D eigenvalue weighted by Crippen LogP contribution is 2.35. The molecule has 2 rings (SSSR count). The van der Waals surface area contributed by atoms with Gasteiger partial charge in [-0.15, -0.1) is 0 Å². The third-order valence-electron chi connectivity index (χ3n) is 4.61. The van der Waals surface area contributed by atoms with E-state index in [0.29, 0.717) is 12.5 Å². The molecule has 1 aliphatic heterocycles. The number of ether oxygens (including phenoxy) is 1. The number of alkyl carbamates (subject to hydrolysis) is 1. The van der Waals surface area contributed by atoms with Crippen molar-refractivity contribution >= 4 is 27.9 Å². The number of hydrogen-bond acceptors (Lipinski definition) is 4. The van der Waals surface area contributed by atoms with Crippen LogP contribution in [0, 0.1) is 11.8 Å². The lowest BCUT2D eigenvalue weighted by Gasteiger charge is -2.30. The van der Waals surface area contributed by atoms with Gasteiger partial charge in [0, 0.05) is 6.54 Å². The molecule has 2 amide bonds. The molecule has 1 fully saturated rings. The molecule has 2 unspecified atom stereocenters. The van der Waals surface area contributed by atoms with Crippen molar-refractivity contribution in [3.63, 3.8) is 0 Å². The summed E-state index contributed by atoms with van der Waals surface area (Å²) < 4.78 is 5.47. The first-order chi connectivity index (χ1) is 11.4. The zero-order valence-corrected chi connectivity index (χ0v) is 16.1. The van der Waals surface area contributed by atoms with Crippen molar-refractivity contribution < 1.29 is 14.3 Å². The normalized spacial score (nSPS) is 23.0. The van der Waals surface area contributed by atoms with Gasteiger partial charge in [-0.05, 0) is 34.2 Å². The third-order valence-corrected chi connectivity index (χ3v) is 5.01. The first-order valence-electron chi connectivity index (χ1n) is 8.22. The highest BCUT2D eigenvalue weighted by Gasteiger charge is 2.40. The molecule has 134 valence electrons. The molecule has 0 spiro atoms. The van der Waals surface area contributed by atoms with E-state index in [1.54, 1.807) is 6.20 Å². The van der Waals surface area contributed by atoms with E-state index in [-0.39, 0.29) is 17.9 Å². The summed E-state index contributed by atoms with van der Waals surface area (Å²) >= 11 is 3.36. The number of nitrogens with one attached hydrogen (secondary N) is 2. The lowest BCUT2D eigenvalue weighted by atomic mass is 9.97. The fraction of sp³-hybridized carbons (Fsp3) is 0.688. The molecule has 8 heteroatoms. The first kappa shape index (κ1) is 18.8. The Labute approximate surface area is 150 Å². The molecule has 24 heavy (non-hydrogen) atoms. The summed E-state index contributed by atoms with van der Waals surface area (Å²) in [6, 6.07) is -0.710. The summed E-state index contributed by atoms with van der Waals surface area (Å²) in [5, 5.41) is 2.69. The van der Waals surface area contributed by atoms with Gasteiger partial charge in [0.1, 0.15) is 16.5 Å². The first-order valence-corrected chi connectivity index (χ1v) is 9.02. The Morgan fingerprint density at radius 3 is 2.83 bits per heavy atom. The molecule has 1 aromatic heterocycles. The Morgan fingerprint density at radius 1 is 1.58 bits per heavy atom.